The van der Waals surface area contributed by atoms with E-state index in [1.807, 2.05) is 0 Å². The zero-order chi connectivity index (χ0) is 12.9. The molecular weight excluding hydrogens is 238 g/mol. The van der Waals surface area contributed by atoms with E-state index in [9.17, 15) is 0 Å². The molecule has 2 fully saturated rings. The van der Waals surface area contributed by atoms with Crippen LogP contribution in [-0.2, 0) is 0 Å². The molecule has 19 heavy (non-hydrogen) atoms. The van der Waals surface area contributed by atoms with Gasteiger partial charge in [-0.3, -0.25) is 4.90 Å². The summed E-state index contributed by atoms with van der Waals surface area (Å²) in [6.45, 7) is 1.22. The van der Waals surface area contributed by atoms with Crippen molar-refractivity contribution < 1.29 is 4.52 Å². The van der Waals surface area contributed by atoms with Gasteiger partial charge in [0.05, 0.1) is 6.04 Å². The van der Waals surface area contributed by atoms with E-state index in [0.29, 0.717) is 6.04 Å². The SMILES string of the molecule is c1onnc1C1CCCCCN1C1CCCCCC1. The predicted molar refractivity (Wildman–Crippen MR) is 73.7 cm³/mol. The van der Waals surface area contributed by atoms with Crippen LogP contribution in [0.3, 0.4) is 0 Å². The molecule has 1 saturated heterocycles. The molecule has 1 aromatic heterocycles. The molecule has 3 rings (SSSR count). The van der Waals surface area contributed by atoms with Crippen LogP contribution in [-0.4, -0.2) is 27.9 Å². The fraction of sp³-hybridized carbons (Fsp3) is 0.867. The first-order valence-electron chi connectivity index (χ1n) is 7.98. The molecule has 1 atom stereocenters. The number of rotatable bonds is 2. The first kappa shape index (κ1) is 13.1. The predicted octanol–water partition coefficient (Wildman–Crippen LogP) is 3.71. The average Bonchev–Trinajstić information content (AvgIpc) is 2.69. The Hall–Kier alpha value is -0.900. The lowest BCUT2D eigenvalue weighted by atomic mass is 10.0. The van der Waals surface area contributed by atoms with Gasteiger partial charge in [0.2, 0.25) is 0 Å². The Morgan fingerprint density at radius 1 is 0.947 bits per heavy atom. The van der Waals surface area contributed by atoms with E-state index in [1.54, 1.807) is 6.26 Å². The molecule has 1 aliphatic carbocycles. The molecule has 0 aromatic carbocycles. The number of hydrogen-bond donors (Lipinski definition) is 0. The van der Waals surface area contributed by atoms with Gasteiger partial charge in [-0.05, 0) is 32.2 Å². The summed E-state index contributed by atoms with van der Waals surface area (Å²) in [6, 6.07) is 1.19. The van der Waals surface area contributed by atoms with Gasteiger partial charge in [0.1, 0.15) is 12.0 Å². The molecule has 4 heteroatoms. The number of nitrogens with zero attached hydrogens (tertiary/aromatic N) is 3. The molecule has 0 bridgehead atoms. The van der Waals surface area contributed by atoms with Crippen molar-refractivity contribution in [3.8, 4) is 0 Å². The van der Waals surface area contributed by atoms with E-state index in [-0.39, 0.29) is 0 Å². The van der Waals surface area contributed by atoms with Gasteiger partial charge in [-0.2, -0.15) is 0 Å². The van der Waals surface area contributed by atoms with Gasteiger partial charge < -0.3 is 4.52 Å². The summed E-state index contributed by atoms with van der Waals surface area (Å²) < 4.78 is 4.98. The molecular formula is C15H25N3O. The quantitative estimate of drug-likeness (QED) is 0.763. The molecule has 2 aliphatic rings. The molecule has 1 unspecified atom stereocenters. The second kappa shape index (κ2) is 6.51. The highest BCUT2D eigenvalue weighted by molar-refractivity contribution is 5.01. The highest BCUT2D eigenvalue weighted by Gasteiger charge is 2.30. The van der Waals surface area contributed by atoms with E-state index >= 15 is 0 Å². The minimum atomic E-state index is 0.442. The van der Waals surface area contributed by atoms with E-state index in [0.717, 1.165) is 11.7 Å². The first-order chi connectivity index (χ1) is 9.45. The molecule has 106 valence electrons. The second-order valence-corrected chi connectivity index (χ2v) is 6.08. The molecule has 0 spiro atoms. The van der Waals surface area contributed by atoms with Crippen molar-refractivity contribution in [2.45, 2.75) is 76.3 Å². The topological polar surface area (TPSA) is 42.2 Å². The van der Waals surface area contributed by atoms with Crippen LogP contribution < -0.4 is 0 Å². The van der Waals surface area contributed by atoms with E-state index in [1.165, 1.54) is 70.8 Å². The molecule has 1 saturated carbocycles. The number of likely N-dealkylation sites (tertiary alicyclic amines) is 1. The molecule has 0 radical (unpaired) electrons. The van der Waals surface area contributed by atoms with Crippen molar-refractivity contribution >= 4 is 0 Å². The maximum absolute atomic E-state index is 4.98. The molecule has 0 N–H and O–H groups in total. The largest absolute Gasteiger partial charge is 0.345 e. The minimum Gasteiger partial charge on any atom is -0.345 e. The maximum Gasteiger partial charge on any atom is 0.149 e. The van der Waals surface area contributed by atoms with Gasteiger partial charge in [-0.1, -0.05) is 38.5 Å². The average molecular weight is 263 g/mol. The van der Waals surface area contributed by atoms with Crippen LogP contribution in [0.4, 0.5) is 0 Å². The van der Waals surface area contributed by atoms with Crippen LogP contribution in [0, 0.1) is 0 Å². The van der Waals surface area contributed by atoms with Gasteiger partial charge in [0.25, 0.3) is 0 Å². The fourth-order valence-electron chi connectivity index (χ4n) is 3.79. The van der Waals surface area contributed by atoms with Gasteiger partial charge in [0, 0.05) is 11.3 Å². The van der Waals surface area contributed by atoms with Gasteiger partial charge >= 0.3 is 0 Å². The summed E-state index contributed by atoms with van der Waals surface area (Å²) in [4.78, 5) is 2.72. The molecule has 4 nitrogen and oxygen atoms in total. The van der Waals surface area contributed by atoms with E-state index < -0.39 is 0 Å². The minimum absolute atomic E-state index is 0.442. The van der Waals surface area contributed by atoms with Crippen LogP contribution >= 0.6 is 0 Å². The van der Waals surface area contributed by atoms with Crippen molar-refractivity contribution in [1.82, 2.24) is 15.3 Å². The Labute approximate surface area is 115 Å². The maximum atomic E-state index is 4.98. The Morgan fingerprint density at radius 3 is 2.42 bits per heavy atom. The zero-order valence-corrected chi connectivity index (χ0v) is 11.8. The lowest BCUT2D eigenvalue weighted by Crippen LogP contribution is -2.38. The monoisotopic (exact) mass is 263 g/mol. The summed E-state index contributed by atoms with van der Waals surface area (Å²) in [7, 11) is 0. The summed E-state index contributed by atoms with van der Waals surface area (Å²) >= 11 is 0. The van der Waals surface area contributed by atoms with Crippen molar-refractivity contribution in [3.05, 3.63) is 12.0 Å². The van der Waals surface area contributed by atoms with Crippen LogP contribution in [0.2, 0.25) is 0 Å². The second-order valence-electron chi connectivity index (χ2n) is 6.08. The molecule has 1 aromatic rings. The van der Waals surface area contributed by atoms with Gasteiger partial charge in [-0.15, -0.1) is 5.10 Å². The van der Waals surface area contributed by atoms with Crippen LogP contribution in [0.1, 0.15) is 75.9 Å². The molecule has 0 amide bonds. The summed E-state index contributed by atoms with van der Waals surface area (Å²) in [6.07, 6.45) is 15.3. The van der Waals surface area contributed by atoms with Crippen LogP contribution in [0.5, 0.6) is 0 Å². The third-order valence-electron chi connectivity index (χ3n) is 4.81. The lowest BCUT2D eigenvalue weighted by Gasteiger charge is -2.35. The van der Waals surface area contributed by atoms with Crippen molar-refractivity contribution in [2.75, 3.05) is 6.54 Å². The Morgan fingerprint density at radius 2 is 1.68 bits per heavy atom. The van der Waals surface area contributed by atoms with Gasteiger partial charge in [-0.25, -0.2) is 0 Å². The van der Waals surface area contributed by atoms with Crippen molar-refractivity contribution in [3.63, 3.8) is 0 Å². The number of hydrogen-bond acceptors (Lipinski definition) is 4. The van der Waals surface area contributed by atoms with Gasteiger partial charge in [0.15, 0.2) is 0 Å². The summed E-state index contributed by atoms with van der Waals surface area (Å²) in [5, 5.41) is 7.87. The van der Waals surface area contributed by atoms with Crippen molar-refractivity contribution in [2.24, 2.45) is 0 Å². The lowest BCUT2D eigenvalue weighted by molar-refractivity contribution is 0.120. The fourth-order valence-corrected chi connectivity index (χ4v) is 3.79. The van der Waals surface area contributed by atoms with E-state index in [2.05, 4.69) is 15.3 Å². The summed E-state index contributed by atoms with van der Waals surface area (Å²) in [5.74, 6) is 0. The first-order valence-corrected chi connectivity index (χ1v) is 7.98. The normalized spacial score (nSPS) is 27.9. The van der Waals surface area contributed by atoms with Crippen LogP contribution in [0.25, 0.3) is 0 Å². The Kier molecular flexibility index (Phi) is 4.49. The smallest absolute Gasteiger partial charge is 0.149 e. The standard InChI is InChI=1S/C15H25N3O/c1-2-5-9-13(8-4-1)18-11-7-3-6-10-15(18)14-12-19-17-16-14/h12-13,15H,1-11H2. The van der Waals surface area contributed by atoms with E-state index in [4.69, 9.17) is 4.52 Å². The molecule has 2 heterocycles. The van der Waals surface area contributed by atoms with Crippen molar-refractivity contribution in [1.29, 1.82) is 0 Å². The Balaban J connectivity index is 1.77. The van der Waals surface area contributed by atoms with Crippen LogP contribution in [0.15, 0.2) is 10.8 Å². The third-order valence-corrected chi connectivity index (χ3v) is 4.81. The molecule has 1 aliphatic heterocycles. The third kappa shape index (κ3) is 3.16. The highest BCUT2D eigenvalue weighted by Crippen LogP contribution is 2.34. The zero-order valence-electron chi connectivity index (χ0n) is 11.8. The summed E-state index contributed by atoms with van der Waals surface area (Å²) in [5.41, 5.74) is 1.05. The highest BCUT2D eigenvalue weighted by atomic mass is 16.5. The Bertz CT molecular complexity index is 357. The number of aromatic nitrogens is 2.